The van der Waals surface area contributed by atoms with Crippen molar-refractivity contribution in [3.63, 3.8) is 0 Å². The van der Waals surface area contributed by atoms with Crippen LogP contribution >= 0.6 is 0 Å². The Hall–Kier alpha value is -0.570. The Morgan fingerprint density at radius 1 is 1.40 bits per heavy atom. The molecule has 2 rings (SSSR count). The highest BCUT2D eigenvalue weighted by atomic mass is 16.5. The van der Waals surface area contributed by atoms with Gasteiger partial charge in [-0.3, -0.25) is 4.79 Å². The zero-order chi connectivity index (χ0) is 10.9. The second kappa shape index (κ2) is 4.12. The van der Waals surface area contributed by atoms with Crippen molar-refractivity contribution in [1.29, 1.82) is 0 Å². The summed E-state index contributed by atoms with van der Waals surface area (Å²) in [7, 11) is 0. The number of ether oxygens (including phenoxy) is 1. The standard InChI is InChI=1S/C12H21NO2/c1-12(2)5-3-10(7-12)13-11(14)9-4-6-15-8-9/h9-10H,3-8H2,1-2H3,(H,13,14). The second-order valence-electron chi connectivity index (χ2n) is 5.67. The summed E-state index contributed by atoms with van der Waals surface area (Å²) in [5.41, 5.74) is 0.407. The Morgan fingerprint density at radius 3 is 2.73 bits per heavy atom. The van der Waals surface area contributed by atoms with Crippen LogP contribution in [0, 0.1) is 11.3 Å². The van der Waals surface area contributed by atoms with E-state index in [0.29, 0.717) is 18.1 Å². The van der Waals surface area contributed by atoms with Crippen molar-refractivity contribution < 1.29 is 9.53 Å². The van der Waals surface area contributed by atoms with E-state index in [2.05, 4.69) is 19.2 Å². The van der Waals surface area contributed by atoms with Gasteiger partial charge in [-0.1, -0.05) is 13.8 Å². The van der Waals surface area contributed by atoms with Crippen molar-refractivity contribution >= 4 is 5.91 Å². The second-order valence-corrected chi connectivity index (χ2v) is 5.67. The molecule has 15 heavy (non-hydrogen) atoms. The van der Waals surface area contributed by atoms with E-state index >= 15 is 0 Å². The Balaban J connectivity index is 1.79. The average Bonchev–Trinajstić information content (AvgIpc) is 2.74. The van der Waals surface area contributed by atoms with E-state index in [1.165, 1.54) is 6.42 Å². The van der Waals surface area contributed by atoms with Gasteiger partial charge in [0, 0.05) is 12.6 Å². The summed E-state index contributed by atoms with van der Waals surface area (Å²) in [6, 6.07) is 0.396. The van der Waals surface area contributed by atoms with Gasteiger partial charge >= 0.3 is 0 Å². The summed E-state index contributed by atoms with van der Waals surface area (Å²) in [6.45, 7) is 5.91. The lowest BCUT2D eigenvalue weighted by Gasteiger charge is -2.19. The maximum atomic E-state index is 11.8. The van der Waals surface area contributed by atoms with Crippen LogP contribution in [0.1, 0.15) is 39.5 Å². The molecule has 3 nitrogen and oxygen atoms in total. The fourth-order valence-electron chi connectivity index (χ4n) is 2.62. The zero-order valence-corrected chi connectivity index (χ0v) is 9.71. The van der Waals surface area contributed by atoms with Crippen LogP contribution in [0.3, 0.4) is 0 Å². The predicted octanol–water partition coefficient (Wildman–Crippen LogP) is 1.72. The minimum absolute atomic E-state index is 0.105. The van der Waals surface area contributed by atoms with E-state index in [4.69, 9.17) is 4.74 Å². The Kier molecular flexibility index (Phi) is 3.01. The van der Waals surface area contributed by atoms with Gasteiger partial charge in [0.2, 0.25) is 5.91 Å². The molecule has 0 bridgehead atoms. The highest BCUT2D eigenvalue weighted by molar-refractivity contribution is 5.79. The Bertz CT molecular complexity index is 244. The summed E-state index contributed by atoms with van der Waals surface area (Å²) in [5, 5.41) is 3.16. The summed E-state index contributed by atoms with van der Waals surface area (Å²) in [4.78, 5) is 11.8. The van der Waals surface area contributed by atoms with Gasteiger partial charge in [-0.05, 0) is 31.1 Å². The van der Waals surface area contributed by atoms with Crippen LogP contribution in [0.4, 0.5) is 0 Å². The number of hydrogen-bond donors (Lipinski definition) is 1. The van der Waals surface area contributed by atoms with E-state index in [0.717, 1.165) is 25.9 Å². The van der Waals surface area contributed by atoms with Gasteiger partial charge in [0.25, 0.3) is 0 Å². The van der Waals surface area contributed by atoms with Crippen LogP contribution in [-0.4, -0.2) is 25.2 Å². The van der Waals surface area contributed by atoms with E-state index in [9.17, 15) is 4.79 Å². The number of amides is 1. The van der Waals surface area contributed by atoms with Crippen LogP contribution in [0.15, 0.2) is 0 Å². The minimum Gasteiger partial charge on any atom is -0.381 e. The molecule has 2 fully saturated rings. The van der Waals surface area contributed by atoms with Crippen molar-refractivity contribution in [1.82, 2.24) is 5.32 Å². The fourth-order valence-corrected chi connectivity index (χ4v) is 2.62. The van der Waals surface area contributed by atoms with Gasteiger partial charge in [0.05, 0.1) is 12.5 Å². The first-order chi connectivity index (χ1) is 7.07. The predicted molar refractivity (Wildman–Crippen MR) is 58.5 cm³/mol. The number of nitrogens with one attached hydrogen (secondary N) is 1. The molecular formula is C12H21NO2. The topological polar surface area (TPSA) is 38.3 Å². The van der Waals surface area contributed by atoms with Crippen LogP contribution in [0.2, 0.25) is 0 Å². The molecule has 0 spiro atoms. The zero-order valence-electron chi connectivity index (χ0n) is 9.71. The van der Waals surface area contributed by atoms with Crippen molar-refractivity contribution in [2.45, 2.75) is 45.6 Å². The molecule has 2 atom stereocenters. The SMILES string of the molecule is CC1(C)CCC(NC(=O)C2CCOC2)C1. The molecule has 0 aromatic rings. The summed E-state index contributed by atoms with van der Waals surface area (Å²) < 4.78 is 5.22. The molecule has 1 aliphatic carbocycles. The van der Waals surface area contributed by atoms with Crippen LogP contribution < -0.4 is 5.32 Å². The van der Waals surface area contributed by atoms with E-state index in [1.807, 2.05) is 0 Å². The molecule has 0 aromatic heterocycles. The van der Waals surface area contributed by atoms with Gasteiger partial charge in [0.15, 0.2) is 0 Å². The summed E-state index contributed by atoms with van der Waals surface area (Å²) in [5.74, 6) is 0.309. The average molecular weight is 211 g/mol. The normalized spacial score (nSPS) is 34.3. The van der Waals surface area contributed by atoms with Crippen LogP contribution in [-0.2, 0) is 9.53 Å². The van der Waals surface area contributed by atoms with Gasteiger partial charge in [-0.2, -0.15) is 0 Å². The maximum Gasteiger partial charge on any atom is 0.225 e. The maximum absolute atomic E-state index is 11.8. The molecule has 1 saturated carbocycles. The molecule has 86 valence electrons. The van der Waals surface area contributed by atoms with Gasteiger partial charge in [0.1, 0.15) is 0 Å². The minimum atomic E-state index is 0.105. The van der Waals surface area contributed by atoms with E-state index < -0.39 is 0 Å². The number of rotatable bonds is 2. The fraction of sp³-hybridized carbons (Fsp3) is 0.917. The quantitative estimate of drug-likeness (QED) is 0.755. The Morgan fingerprint density at radius 2 is 2.20 bits per heavy atom. The van der Waals surface area contributed by atoms with Crippen LogP contribution in [0.25, 0.3) is 0 Å². The highest BCUT2D eigenvalue weighted by Crippen LogP contribution is 2.37. The number of hydrogen-bond acceptors (Lipinski definition) is 2. The third kappa shape index (κ3) is 2.71. The number of carbonyl (C=O) groups excluding carboxylic acids is 1. The van der Waals surface area contributed by atoms with E-state index in [1.54, 1.807) is 0 Å². The van der Waals surface area contributed by atoms with Crippen LogP contribution in [0.5, 0.6) is 0 Å². The lowest BCUT2D eigenvalue weighted by molar-refractivity contribution is -0.125. The molecule has 1 saturated heterocycles. The van der Waals surface area contributed by atoms with Crippen molar-refractivity contribution in [3.05, 3.63) is 0 Å². The monoisotopic (exact) mass is 211 g/mol. The summed E-state index contributed by atoms with van der Waals surface area (Å²) in [6.07, 6.45) is 4.36. The molecule has 3 heteroatoms. The van der Waals surface area contributed by atoms with Crippen molar-refractivity contribution in [3.8, 4) is 0 Å². The molecule has 1 heterocycles. The Labute approximate surface area is 91.6 Å². The largest absolute Gasteiger partial charge is 0.381 e. The highest BCUT2D eigenvalue weighted by Gasteiger charge is 2.33. The lowest BCUT2D eigenvalue weighted by atomic mass is 9.92. The molecule has 1 aliphatic heterocycles. The van der Waals surface area contributed by atoms with Crippen molar-refractivity contribution in [2.75, 3.05) is 13.2 Å². The molecule has 1 amide bonds. The molecule has 2 unspecified atom stereocenters. The molecule has 0 aromatic carbocycles. The third-order valence-electron chi connectivity index (χ3n) is 3.62. The van der Waals surface area contributed by atoms with Crippen molar-refractivity contribution in [2.24, 2.45) is 11.3 Å². The van der Waals surface area contributed by atoms with Gasteiger partial charge < -0.3 is 10.1 Å². The smallest absolute Gasteiger partial charge is 0.225 e. The van der Waals surface area contributed by atoms with Gasteiger partial charge in [-0.15, -0.1) is 0 Å². The first-order valence-electron chi connectivity index (χ1n) is 5.95. The van der Waals surface area contributed by atoms with Gasteiger partial charge in [-0.25, -0.2) is 0 Å². The molecule has 1 N–H and O–H groups in total. The third-order valence-corrected chi connectivity index (χ3v) is 3.62. The molecule has 0 radical (unpaired) electrons. The molecular weight excluding hydrogens is 190 g/mol. The first-order valence-corrected chi connectivity index (χ1v) is 5.95. The lowest BCUT2D eigenvalue weighted by Crippen LogP contribution is -2.38. The molecule has 2 aliphatic rings. The first kappa shape index (κ1) is 10.9. The summed E-state index contributed by atoms with van der Waals surface area (Å²) >= 11 is 0. The number of carbonyl (C=O) groups is 1. The van der Waals surface area contributed by atoms with E-state index in [-0.39, 0.29) is 11.8 Å².